The number of nitro groups is 1. The van der Waals surface area contributed by atoms with Crippen molar-refractivity contribution in [3.05, 3.63) is 92.0 Å². The van der Waals surface area contributed by atoms with Crippen LogP contribution in [-0.2, 0) is 25.1 Å². The van der Waals surface area contributed by atoms with Crippen molar-refractivity contribution in [3.8, 4) is 5.75 Å². The Bertz CT molecular complexity index is 1340. The Kier molecular flexibility index (Phi) is 6.11. The number of carbonyl (C=O) groups is 1. The van der Waals surface area contributed by atoms with Crippen LogP contribution < -0.4 is 15.0 Å². The standard InChI is InChI=1S/C27H26ClN3O4/c1-16-4-3-5-25-22(16)12-21-15-29-24-11-19(26(35-2)13-23(24)27(32)30(21)25)7-6-17-8-18(14-28)10-20(9-17)31(33)34/h3-5,8-11,13,21,29H,6-7,12,14-15H2,1-2H3. The van der Waals surface area contributed by atoms with Crippen molar-refractivity contribution in [1.82, 2.24) is 0 Å². The van der Waals surface area contributed by atoms with Gasteiger partial charge < -0.3 is 15.0 Å². The predicted octanol–water partition coefficient (Wildman–Crippen LogP) is 5.43. The molecule has 0 fully saturated rings. The zero-order valence-corrected chi connectivity index (χ0v) is 20.4. The zero-order valence-electron chi connectivity index (χ0n) is 19.6. The van der Waals surface area contributed by atoms with Gasteiger partial charge in [-0.25, -0.2) is 0 Å². The van der Waals surface area contributed by atoms with Gasteiger partial charge in [-0.05, 0) is 72.2 Å². The maximum absolute atomic E-state index is 13.7. The van der Waals surface area contributed by atoms with Crippen molar-refractivity contribution >= 4 is 34.6 Å². The van der Waals surface area contributed by atoms with Crippen LogP contribution in [0.25, 0.3) is 0 Å². The van der Waals surface area contributed by atoms with Crippen LogP contribution in [0, 0.1) is 17.0 Å². The molecular formula is C27H26ClN3O4. The summed E-state index contributed by atoms with van der Waals surface area (Å²) in [5, 5.41) is 14.8. The number of benzene rings is 3. The first-order valence-corrected chi connectivity index (χ1v) is 12.1. The number of aryl methyl sites for hydroxylation is 3. The van der Waals surface area contributed by atoms with E-state index in [0.717, 1.165) is 28.9 Å². The third kappa shape index (κ3) is 4.21. The number of carbonyl (C=O) groups excluding carboxylic acids is 1. The number of fused-ring (bicyclic) bond motifs is 4. The van der Waals surface area contributed by atoms with Crippen LogP contribution in [0.1, 0.15) is 38.2 Å². The van der Waals surface area contributed by atoms with Gasteiger partial charge in [0.1, 0.15) is 5.75 Å². The number of methoxy groups -OCH3 is 1. The normalized spacial score (nSPS) is 16.1. The Labute approximate surface area is 208 Å². The number of amides is 1. The van der Waals surface area contributed by atoms with E-state index in [1.807, 2.05) is 35.2 Å². The lowest BCUT2D eigenvalue weighted by Gasteiger charge is -2.23. The van der Waals surface area contributed by atoms with Crippen LogP contribution >= 0.6 is 11.6 Å². The molecule has 1 unspecified atom stereocenters. The Hall–Kier alpha value is -3.58. The monoisotopic (exact) mass is 491 g/mol. The highest BCUT2D eigenvalue weighted by Crippen LogP contribution is 2.39. The number of nitrogens with zero attached hydrogens (tertiary/aromatic N) is 2. The first-order valence-electron chi connectivity index (χ1n) is 11.6. The van der Waals surface area contributed by atoms with E-state index in [9.17, 15) is 14.9 Å². The molecule has 1 N–H and O–H groups in total. The van der Waals surface area contributed by atoms with E-state index in [2.05, 4.69) is 18.3 Å². The molecule has 0 aromatic heterocycles. The summed E-state index contributed by atoms with van der Waals surface area (Å²) in [6, 6.07) is 14.9. The summed E-state index contributed by atoms with van der Waals surface area (Å²) < 4.78 is 5.67. The number of nitro benzene ring substituents is 1. The third-order valence-electron chi connectivity index (χ3n) is 6.93. The molecule has 2 aliphatic rings. The first kappa shape index (κ1) is 23.2. The number of hydrogen-bond acceptors (Lipinski definition) is 5. The van der Waals surface area contributed by atoms with Crippen LogP contribution in [-0.4, -0.2) is 30.5 Å². The fourth-order valence-corrected chi connectivity index (χ4v) is 5.33. The number of anilines is 2. The van der Waals surface area contributed by atoms with E-state index in [1.165, 1.54) is 17.2 Å². The van der Waals surface area contributed by atoms with Crippen LogP contribution in [0.3, 0.4) is 0 Å². The highest BCUT2D eigenvalue weighted by atomic mass is 35.5. The number of hydrogen-bond donors (Lipinski definition) is 1. The van der Waals surface area contributed by atoms with Crippen molar-refractivity contribution in [3.63, 3.8) is 0 Å². The number of rotatable bonds is 6. The lowest BCUT2D eigenvalue weighted by atomic mass is 9.99. The Morgan fingerprint density at radius 2 is 1.97 bits per heavy atom. The minimum atomic E-state index is -0.399. The summed E-state index contributed by atoms with van der Waals surface area (Å²) in [5.74, 6) is 0.807. The van der Waals surface area contributed by atoms with Gasteiger partial charge in [0.25, 0.3) is 11.6 Å². The molecule has 0 spiro atoms. The van der Waals surface area contributed by atoms with Crippen molar-refractivity contribution in [2.45, 2.75) is 38.1 Å². The Balaban J connectivity index is 1.45. The van der Waals surface area contributed by atoms with Gasteiger partial charge >= 0.3 is 0 Å². The molecule has 7 nitrogen and oxygen atoms in total. The fraction of sp³-hybridized carbons (Fsp3) is 0.296. The first-order chi connectivity index (χ1) is 16.9. The van der Waals surface area contributed by atoms with Crippen LogP contribution in [0.5, 0.6) is 5.75 Å². The van der Waals surface area contributed by atoms with Crippen LogP contribution in [0.2, 0.25) is 0 Å². The molecule has 1 atom stereocenters. The molecule has 3 aromatic carbocycles. The molecule has 0 bridgehead atoms. The van der Waals surface area contributed by atoms with Gasteiger partial charge in [-0.2, -0.15) is 0 Å². The zero-order chi connectivity index (χ0) is 24.7. The van der Waals surface area contributed by atoms with E-state index in [0.29, 0.717) is 36.3 Å². The quantitative estimate of drug-likeness (QED) is 0.282. The summed E-state index contributed by atoms with van der Waals surface area (Å²) in [6.07, 6.45) is 2.01. The maximum atomic E-state index is 13.7. The number of non-ortho nitro benzene ring substituents is 1. The van der Waals surface area contributed by atoms with Gasteiger partial charge in [0.15, 0.2) is 0 Å². The van der Waals surface area contributed by atoms with Gasteiger partial charge in [0.2, 0.25) is 0 Å². The van der Waals surface area contributed by atoms with Crippen molar-refractivity contribution < 1.29 is 14.5 Å². The van der Waals surface area contributed by atoms with Gasteiger partial charge in [0.05, 0.1) is 23.6 Å². The average Bonchev–Trinajstić information content (AvgIpc) is 3.19. The molecule has 0 saturated heterocycles. The van der Waals surface area contributed by atoms with E-state index in [1.54, 1.807) is 13.2 Å². The Morgan fingerprint density at radius 1 is 1.17 bits per heavy atom. The number of halogens is 1. The second-order valence-corrected chi connectivity index (χ2v) is 9.36. The Morgan fingerprint density at radius 3 is 2.71 bits per heavy atom. The number of alkyl halides is 1. The van der Waals surface area contributed by atoms with Gasteiger partial charge in [-0.3, -0.25) is 14.9 Å². The van der Waals surface area contributed by atoms with Crippen LogP contribution in [0.4, 0.5) is 17.1 Å². The molecule has 0 saturated carbocycles. The lowest BCUT2D eigenvalue weighted by molar-refractivity contribution is -0.385. The smallest absolute Gasteiger partial charge is 0.270 e. The topological polar surface area (TPSA) is 84.7 Å². The molecule has 0 aliphatic carbocycles. The molecule has 1 amide bonds. The van der Waals surface area contributed by atoms with E-state index >= 15 is 0 Å². The fourth-order valence-electron chi connectivity index (χ4n) is 5.18. The van der Waals surface area contributed by atoms with Gasteiger partial charge in [0, 0.05) is 35.9 Å². The largest absolute Gasteiger partial charge is 0.496 e. The highest BCUT2D eigenvalue weighted by Gasteiger charge is 2.38. The molecule has 2 aliphatic heterocycles. The molecule has 3 aromatic rings. The van der Waals surface area contributed by atoms with Crippen molar-refractivity contribution in [2.24, 2.45) is 0 Å². The summed E-state index contributed by atoms with van der Waals surface area (Å²) in [5.41, 5.74) is 7.31. The minimum absolute atomic E-state index is 0.0327. The van der Waals surface area contributed by atoms with Crippen LogP contribution in [0.15, 0.2) is 48.5 Å². The van der Waals surface area contributed by atoms with E-state index in [-0.39, 0.29) is 23.5 Å². The molecule has 8 heteroatoms. The van der Waals surface area contributed by atoms with Gasteiger partial charge in [-0.1, -0.05) is 18.2 Å². The SMILES string of the molecule is COc1cc2c(cc1CCc1cc(CCl)cc([N+](=O)[O-])c1)NCC1Cc3c(C)cccc3N1C2=O. The molecule has 5 rings (SSSR count). The van der Waals surface area contributed by atoms with Crippen molar-refractivity contribution in [2.75, 3.05) is 23.9 Å². The molecule has 2 heterocycles. The number of ether oxygens (including phenoxy) is 1. The van der Waals surface area contributed by atoms with Gasteiger partial charge in [-0.15, -0.1) is 11.6 Å². The second-order valence-electron chi connectivity index (χ2n) is 9.09. The molecular weight excluding hydrogens is 466 g/mol. The summed E-state index contributed by atoms with van der Waals surface area (Å²) in [4.78, 5) is 26.5. The minimum Gasteiger partial charge on any atom is -0.496 e. The predicted molar refractivity (Wildman–Crippen MR) is 137 cm³/mol. The third-order valence-corrected chi connectivity index (χ3v) is 7.24. The summed E-state index contributed by atoms with van der Waals surface area (Å²) in [6.45, 7) is 2.74. The molecule has 180 valence electrons. The highest BCUT2D eigenvalue weighted by molar-refractivity contribution is 6.17. The summed E-state index contributed by atoms with van der Waals surface area (Å²) >= 11 is 5.94. The average molecular weight is 492 g/mol. The summed E-state index contributed by atoms with van der Waals surface area (Å²) in [7, 11) is 1.59. The van der Waals surface area contributed by atoms with E-state index in [4.69, 9.17) is 16.3 Å². The molecule has 0 radical (unpaired) electrons. The second kappa shape index (κ2) is 9.23. The van der Waals surface area contributed by atoms with Crippen molar-refractivity contribution in [1.29, 1.82) is 0 Å². The molecule has 35 heavy (non-hydrogen) atoms. The maximum Gasteiger partial charge on any atom is 0.270 e. The number of nitrogens with one attached hydrogen (secondary N) is 1. The van der Waals surface area contributed by atoms with E-state index < -0.39 is 4.92 Å². The lowest BCUT2D eigenvalue weighted by Crippen LogP contribution is -2.39.